The van der Waals surface area contributed by atoms with Gasteiger partial charge in [-0.25, -0.2) is 0 Å². The van der Waals surface area contributed by atoms with E-state index in [9.17, 15) is 5.11 Å². The van der Waals surface area contributed by atoms with Crippen LogP contribution in [0, 0.1) is 0 Å². The molecule has 3 heterocycles. The Hall–Kier alpha value is -2.60. The first-order valence-electron chi connectivity index (χ1n) is 7.33. The van der Waals surface area contributed by atoms with E-state index < -0.39 is 11.7 Å². The SMILES string of the molecule is COc1ccc2c(c1)OC[C@]1(O)c3ccc4c(c3O[C@H]21)OCO4. The van der Waals surface area contributed by atoms with E-state index in [-0.39, 0.29) is 13.4 Å². The predicted octanol–water partition coefficient (Wildman–Crippen LogP) is 2.14. The molecular weight excluding hydrogens is 300 g/mol. The van der Waals surface area contributed by atoms with Crippen LogP contribution >= 0.6 is 0 Å². The van der Waals surface area contributed by atoms with Crippen molar-refractivity contribution in [2.75, 3.05) is 20.5 Å². The fourth-order valence-corrected chi connectivity index (χ4v) is 3.41. The number of ether oxygens (including phenoxy) is 5. The molecule has 118 valence electrons. The molecule has 0 aromatic heterocycles. The number of aliphatic hydroxyl groups is 1. The molecule has 2 aromatic carbocycles. The summed E-state index contributed by atoms with van der Waals surface area (Å²) in [4.78, 5) is 0. The monoisotopic (exact) mass is 314 g/mol. The van der Waals surface area contributed by atoms with Crippen LogP contribution in [0.5, 0.6) is 28.7 Å². The van der Waals surface area contributed by atoms with Crippen LogP contribution in [-0.4, -0.2) is 25.6 Å². The van der Waals surface area contributed by atoms with Crippen LogP contribution in [0.4, 0.5) is 0 Å². The Morgan fingerprint density at radius 1 is 1.09 bits per heavy atom. The summed E-state index contributed by atoms with van der Waals surface area (Å²) in [6, 6.07) is 9.07. The van der Waals surface area contributed by atoms with E-state index >= 15 is 0 Å². The van der Waals surface area contributed by atoms with Crippen LogP contribution in [0.25, 0.3) is 0 Å². The van der Waals surface area contributed by atoms with Crippen molar-refractivity contribution in [3.63, 3.8) is 0 Å². The van der Waals surface area contributed by atoms with E-state index in [0.29, 0.717) is 34.3 Å². The second-order valence-electron chi connectivity index (χ2n) is 5.79. The zero-order chi connectivity index (χ0) is 15.6. The van der Waals surface area contributed by atoms with Gasteiger partial charge in [0.05, 0.1) is 7.11 Å². The molecule has 0 radical (unpaired) electrons. The number of hydrogen-bond donors (Lipinski definition) is 1. The van der Waals surface area contributed by atoms with E-state index in [1.807, 2.05) is 12.1 Å². The van der Waals surface area contributed by atoms with Crippen molar-refractivity contribution in [2.24, 2.45) is 0 Å². The smallest absolute Gasteiger partial charge is 0.231 e. The molecule has 0 fully saturated rings. The molecule has 5 rings (SSSR count). The first kappa shape index (κ1) is 12.9. The molecule has 2 atom stereocenters. The van der Waals surface area contributed by atoms with Gasteiger partial charge in [-0.2, -0.15) is 0 Å². The van der Waals surface area contributed by atoms with Crippen LogP contribution in [0.3, 0.4) is 0 Å². The van der Waals surface area contributed by atoms with Gasteiger partial charge in [-0.05, 0) is 24.3 Å². The van der Waals surface area contributed by atoms with Gasteiger partial charge in [-0.1, -0.05) is 0 Å². The fourth-order valence-electron chi connectivity index (χ4n) is 3.41. The Balaban J connectivity index is 1.66. The number of fused-ring (bicyclic) bond motifs is 7. The topological polar surface area (TPSA) is 66.4 Å². The summed E-state index contributed by atoms with van der Waals surface area (Å²) in [6.45, 7) is 0.257. The standard InChI is InChI=1S/C17H14O6/c1-19-9-2-3-10-13(6-9)20-7-17(18)11-4-5-12-15(22-8-21-12)14(11)23-16(10)17/h2-6,16,18H,7-8H2,1H3/t16-,17+/m1/s1. The van der Waals surface area contributed by atoms with Crippen LogP contribution in [0.1, 0.15) is 17.2 Å². The molecule has 0 spiro atoms. The van der Waals surface area contributed by atoms with Gasteiger partial charge in [0.15, 0.2) is 23.2 Å². The minimum atomic E-state index is -1.25. The Morgan fingerprint density at radius 2 is 2.00 bits per heavy atom. The summed E-state index contributed by atoms with van der Waals surface area (Å²) in [7, 11) is 1.60. The summed E-state index contributed by atoms with van der Waals surface area (Å²) in [5.41, 5.74) is 0.189. The zero-order valence-corrected chi connectivity index (χ0v) is 12.4. The average Bonchev–Trinajstić information content (AvgIpc) is 3.16. The predicted molar refractivity (Wildman–Crippen MR) is 78.3 cm³/mol. The van der Waals surface area contributed by atoms with Gasteiger partial charge in [0.1, 0.15) is 18.1 Å². The van der Waals surface area contributed by atoms with E-state index in [2.05, 4.69) is 0 Å². The lowest BCUT2D eigenvalue weighted by Gasteiger charge is -2.34. The number of benzene rings is 2. The highest BCUT2D eigenvalue weighted by Gasteiger charge is 2.54. The molecule has 3 aliphatic rings. The molecule has 0 amide bonds. The van der Waals surface area contributed by atoms with Crippen molar-refractivity contribution in [2.45, 2.75) is 11.7 Å². The van der Waals surface area contributed by atoms with Crippen LogP contribution in [0.15, 0.2) is 30.3 Å². The van der Waals surface area contributed by atoms with Crippen molar-refractivity contribution in [1.82, 2.24) is 0 Å². The minimum Gasteiger partial charge on any atom is -0.497 e. The van der Waals surface area contributed by atoms with Crippen molar-refractivity contribution in [3.05, 3.63) is 41.5 Å². The molecule has 0 aliphatic carbocycles. The van der Waals surface area contributed by atoms with Crippen molar-refractivity contribution in [3.8, 4) is 28.7 Å². The van der Waals surface area contributed by atoms with E-state index in [1.54, 1.807) is 25.3 Å². The van der Waals surface area contributed by atoms with Crippen LogP contribution < -0.4 is 23.7 Å². The molecule has 6 heteroatoms. The average molecular weight is 314 g/mol. The molecule has 23 heavy (non-hydrogen) atoms. The maximum Gasteiger partial charge on any atom is 0.231 e. The van der Waals surface area contributed by atoms with Gasteiger partial charge in [0.2, 0.25) is 12.5 Å². The molecule has 3 aliphatic heterocycles. The molecule has 0 saturated heterocycles. The normalized spacial score (nSPS) is 25.7. The largest absolute Gasteiger partial charge is 0.497 e. The molecule has 0 saturated carbocycles. The molecule has 1 N–H and O–H groups in total. The van der Waals surface area contributed by atoms with Crippen molar-refractivity contribution >= 4 is 0 Å². The first-order chi connectivity index (χ1) is 11.2. The highest BCUT2D eigenvalue weighted by atomic mass is 16.7. The third-order valence-corrected chi connectivity index (χ3v) is 4.58. The molecule has 2 aromatic rings. The summed E-state index contributed by atoms with van der Waals surface area (Å²) in [6.07, 6.45) is -0.553. The van der Waals surface area contributed by atoms with E-state index in [4.69, 9.17) is 23.7 Å². The summed E-state index contributed by atoms with van der Waals surface area (Å²) >= 11 is 0. The van der Waals surface area contributed by atoms with E-state index in [1.165, 1.54) is 0 Å². The Labute approximate surface area is 132 Å². The second-order valence-corrected chi connectivity index (χ2v) is 5.79. The van der Waals surface area contributed by atoms with Gasteiger partial charge in [-0.15, -0.1) is 0 Å². The lowest BCUT2D eigenvalue weighted by molar-refractivity contribution is -0.0866. The lowest BCUT2D eigenvalue weighted by Crippen LogP contribution is -2.41. The highest BCUT2D eigenvalue weighted by Crippen LogP contribution is 2.59. The number of methoxy groups -OCH3 is 1. The third kappa shape index (κ3) is 1.56. The van der Waals surface area contributed by atoms with Crippen molar-refractivity contribution < 1.29 is 28.8 Å². The Morgan fingerprint density at radius 3 is 2.87 bits per heavy atom. The molecule has 0 unspecified atom stereocenters. The number of hydrogen-bond acceptors (Lipinski definition) is 6. The van der Waals surface area contributed by atoms with Crippen molar-refractivity contribution in [1.29, 1.82) is 0 Å². The Kier molecular flexibility index (Phi) is 2.37. The summed E-state index contributed by atoms with van der Waals surface area (Å²) < 4.78 is 28.0. The second kappa shape index (κ2) is 4.23. The third-order valence-electron chi connectivity index (χ3n) is 4.58. The highest BCUT2D eigenvalue weighted by molar-refractivity contribution is 5.62. The number of rotatable bonds is 1. The van der Waals surface area contributed by atoms with Crippen LogP contribution in [-0.2, 0) is 5.60 Å². The zero-order valence-electron chi connectivity index (χ0n) is 12.4. The maximum absolute atomic E-state index is 11.2. The van der Waals surface area contributed by atoms with Gasteiger partial charge in [0, 0.05) is 17.2 Å². The van der Waals surface area contributed by atoms with Crippen LogP contribution in [0.2, 0.25) is 0 Å². The van der Waals surface area contributed by atoms with Gasteiger partial charge >= 0.3 is 0 Å². The molecular formula is C17H14O6. The summed E-state index contributed by atoms with van der Waals surface area (Å²) in [5.74, 6) is 3.05. The van der Waals surface area contributed by atoms with Gasteiger partial charge < -0.3 is 28.8 Å². The van der Waals surface area contributed by atoms with Gasteiger partial charge in [0.25, 0.3) is 0 Å². The van der Waals surface area contributed by atoms with E-state index in [0.717, 1.165) is 5.56 Å². The lowest BCUT2D eigenvalue weighted by atomic mass is 9.85. The minimum absolute atomic E-state index is 0.102. The fraction of sp³-hybridized carbons (Fsp3) is 0.294. The summed E-state index contributed by atoms with van der Waals surface area (Å²) in [5, 5.41) is 11.2. The quantitative estimate of drug-likeness (QED) is 0.870. The Bertz CT molecular complexity index is 817. The molecule has 0 bridgehead atoms. The maximum atomic E-state index is 11.2. The first-order valence-corrected chi connectivity index (χ1v) is 7.33. The van der Waals surface area contributed by atoms with Gasteiger partial charge in [-0.3, -0.25) is 0 Å². The molecule has 6 nitrogen and oxygen atoms in total.